The van der Waals surface area contributed by atoms with Crippen LogP contribution in [0.1, 0.15) is 41.0 Å². The Hall–Kier alpha value is -2.97. The van der Waals surface area contributed by atoms with E-state index in [2.05, 4.69) is 29.8 Å². The van der Waals surface area contributed by atoms with Crippen LogP contribution in [0.5, 0.6) is 5.75 Å². The zero-order chi connectivity index (χ0) is 22.6. The van der Waals surface area contributed by atoms with E-state index >= 15 is 0 Å². The molecule has 0 heterocycles. The lowest BCUT2D eigenvalue weighted by atomic mass is 10.1. The Morgan fingerprint density at radius 2 is 1.74 bits per heavy atom. The molecule has 0 radical (unpaired) electrons. The molecule has 31 heavy (non-hydrogen) atoms. The summed E-state index contributed by atoms with van der Waals surface area (Å²) in [7, 11) is 1.57. The second kappa shape index (κ2) is 12.7. The van der Waals surface area contributed by atoms with E-state index in [9.17, 15) is 9.59 Å². The molecule has 3 N–H and O–H groups in total. The molecule has 0 unspecified atom stereocenters. The summed E-state index contributed by atoms with van der Waals surface area (Å²) in [6.07, 6.45) is 0.970. The van der Waals surface area contributed by atoms with Crippen LogP contribution in [-0.2, 0) is 4.74 Å². The van der Waals surface area contributed by atoms with Crippen molar-refractivity contribution in [1.82, 2.24) is 10.6 Å². The van der Waals surface area contributed by atoms with Gasteiger partial charge in [0.25, 0.3) is 11.8 Å². The number of thiocarbonyl (C=S) groups is 1. The average Bonchev–Trinajstić information content (AvgIpc) is 2.74. The molecule has 0 spiro atoms. The van der Waals surface area contributed by atoms with Crippen molar-refractivity contribution >= 4 is 34.8 Å². The van der Waals surface area contributed by atoms with Crippen LogP contribution >= 0.6 is 12.2 Å². The Labute approximate surface area is 188 Å². The van der Waals surface area contributed by atoms with Crippen molar-refractivity contribution in [3.05, 3.63) is 59.7 Å². The lowest BCUT2D eigenvalue weighted by Crippen LogP contribution is -2.34. The van der Waals surface area contributed by atoms with Crippen molar-refractivity contribution in [2.24, 2.45) is 5.92 Å². The molecule has 0 aliphatic carbocycles. The quantitative estimate of drug-likeness (QED) is 0.384. The molecule has 2 aromatic rings. The largest absolute Gasteiger partial charge is 0.494 e. The molecular formula is C23H29N3O4S. The standard InChI is InChI=1S/C23H29N3O4S/c1-16(2)11-13-30-20-9-7-17(8-10-20)22(28)26-23(31)25-19-6-4-5-18(15-19)21(27)24-12-14-29-3/h4-10,15-16H,11-14H2,1-3H3,(H,24,27)(H2,25,26,28,31). The molecule has 0 saturated carbocycles. The molecule has 8 heteroatoms. The molecule has 0 aromatic heterocycles. The van der Waals surface area contributed by atoms with Crippen LogP contribution in [0.15, 0.2) is 48.5 Å². The molecule has 166 valence electrons. The highest BCUT2D eigenvalue weighted by atomic mass is 32.1. The topological polar surface area (TPSA) is 88.7 Å². The smallest absolute Gasteiger partial charge is 0.257 e. The monoisotopic (exact) mass is 443 g/mol. The summed E-state index contributed by atoms with van der Waals surface area (Å²) in [6, 6.07) is 13.7. The van der Waals surface area contributed by atoms with Crippen LogP contribution in [-0.4, -0.2) is 43.8 Å². The van der Waals surface area contributed by atoms with E-state index in [1.165, 1.54) is 0 Å². The van der Waals surface area contributed by atoms with Crippen LogP contribution in [0.2, 0.25) is 0 Å². The van der Waals surface area contributed by atoms with E-state index in [0.717, 1.165) is 12.2 Å². The number of amides is 2. The summed E-state index contributed by atoms with van der Waals surface area (Å²) in [4.78, 5) is 24.6. The molecule has 0 atom stereocenters. The number of anilines is 1. The zero-order valence-electron chi connectivity index (χ0n) is 18.1. The lowest BCUT2D eigenvalue weighted by molar-refractivity contribution is 0.0935. The summed E-state index contributed by atoms with van der Waals surface area (Å²) in [5.74, 6) is 0.744. The van der Waals surface area contributed by atoms with Crippen LogP contribution in [0.25, 0.3) is 0 Å². The Morgan fingerprint density at radius 1 is 1.00 bits per heavy atom. The molecule has 0 aliphatic heterocycles. The van der Waals surface area contributed by atoms with Crippen molar-refractivity contribution < 1.29 is 19.1 Å². The van der Waals surface area contributed by atoms with Crippen molar-refractivity contribution in [3.63, 3.8) is 0 Å². The normalized spacial score (nSPS) is 10.5. The number of hydrogen-bond acceptors (Lipinski definition) is 5. The molecule has 2 rings (SSSR count). The Kier molecular flexibility index (Phi) is 9.93. The van der Waals surface area contributed by atoms with Gasteiger partial charge in [0.1, 0.15) is 5.75 Å². The first-order chi connectivity index (χ1) is 14.9. The molecule has 0 bridgehead atoms. The third-order valence-electron chi connectivity index (χ3n) is 4.28. The van der Waals surface area contributed by atoms with E-state index in [1.54, 1.807) is 55.6 Å². The third-order valence-corrected chi connectivity index (χ3v) is 4.49. The number of carbonyl (C=O) groups is 2. The molecule has 0 aliphatic rings. The second-order valence-corrected chi connectivity index (χ2v) is 7.70. The van der Waals surface area contributed by atoms with E-state index in [0.29, 0.717) is 42.5 Å². The molecule has 0 saturated heterocycles. The van der Waals surface area contributed by atoms with Crippen LogP contribution in [0.3, 0.4) is 0 Å². The van der Waals surface area contributed by atoms with Gasteiger partial charge < -0.3 is 20.1 Å². The number of benzene rings is 2. The summed E-state index contributed by atoms with van der Waals surface area (Å²) in [5.41, 5.74) is 1.54. The Morgan fingerprint density at radius 3 is 2.42 bits per heavy atom. The van der Waals surface area contributed by atoms with Gasteiger partial charge in [-0.1, -0.05) is 19.9 Å². The first-order valence-corrected chi connectivity index (χ1v) is 10.5. The molecule has 7 nitrogen and oxygen atoms in total. The first-order valence-electron chi connectivity index (χ1n) is 10.1. The summed E-state index contributed by atoms with van der Waals surface area (Å²) in [5, 5.41) is 8.45. The predicted molar refractivity (Wildman–Crippen MR) is 126 cm³/mol. The number of ether oxygens (including phenoxy) is 2. The highest BCUT2D eigenvalue weighted by molar-refractivity contribution is 7.80. The summed E-state index contributed by atoms with van der Waals surface area (Å²) >= 11 is 5.23. The minimum atomic E-state index is -0.334. The Bertz CT molecular complexity index is 885. The van der Waals surface area contributed by atoms with Crippen molar-refractivity contribution in [2.45, 2.75) is 20.3 Å². The van der Waals surface area contributed by atoms with Gasteiger partial charge in [-0.2, -0.15) is 0 Å². The SMILES string of the molecule is COCCNC(=O)c1cccc(NC(=S)NC(=O)c2ccc(OCCC(C)C)cc2)c1. The number of rotatable bonds is 10. The Balaban J connectivity index is 1.87. The van der Waals surface area contributed by atoms with Gasteiger partial charge >= 0.3 is 0 Å². The van der Waals surface area contributed by atoms with E-state index in [-0.39, 0.29) is 16.9 Å². The predicted octanol–water partition coefficient (Wildman–Crippen LogP) is 3.61. The van der Waals surface area contributed by atoms with Gasteiger partial charge in [0.05, 0.1) is 13.2 Å². The van der Waals surface area contributed by atoms with Gasteiger partial charge in [0.15, 0.2) is 5.11 Å². The maximum atomic E-state index is 12.4. The maximum Gasteiger partial charge on any atom is 0.257 e. The maximum absolute atomic E-state index is 12.4. The van der Waals surface area contributed by atoms with Gasteiger partial charge in [0.2, 0.25) is 0 Å². The molecule has 2 aromatic carbocycles. The number of nitrogens with one attached hydrogen (secondary N) is 3. The first kappa shape index (κ1) is 24.3. The average molecular weight is 444 g/mol. The van der Waals surface area contributed by atoms with Gasteiger partial charge in [-0.15, -0.1) is 0 Å². The van der Waals surface area contributed by atoms with Gasteiger partial charge in [-0.25, -0.2) is 0 Å². The highest BCUT2D eigenvalue weighted by Crippen LogP contribution is 2.14. The van der Waals surface area contributed by atoms with Crippen LogP contribution in [0, 0.1) is 5.92 Å². The van der Waals surface area contributed by atoms with E-state index < -0.39 is 0 Å². The minimum absolute atomic E-state index is 0.138. The van der Waals surface area contributed by atoms with Gasteiger partial charge in [0, 0.05) is 30.5 Å². The number of methoxy groups -OCH3 is 1. The van der Waals surface area contributed by atoms with E-state index in [1.807, 2.05) is 0 Å². The van der Waals surface area contributed by atoms with Crippen molar-refractivity contribution in [1.29, 1.82) is 0 Å². The summed E-state index contributed by atoms with van der Waals surface area (Å²) < 4.78 is 10.6. The van der Waals surface area contributed by atoms with Crippen LogP contribution in [0.4, 0.5) is 5.69 Å². The number of hydrogen-bond donors (Lipinski definition) is 3. The number of carbonyl (C=O) groups excluding carboxylic acids is 2. The fourth-order valence-corrected chi connectivity index (χ4v) is 2.77. The lowest BCUT2D eigenvalue weighted by Gasteiger charge is -2.12. The van der Waals surface area contributed by atoms with Crippen molar-refractivity contribution in [2.75, 3.05) is 32.2 Å². The van der Waals surface area contributed by atoms with Crippen molar-refractivity contribution in [3.8, 4) is 5.75 Å². The van der Waals surface area contributed by atoms with Gasteiger partial charge in [-0.3, -0.25) is 14.9 Å². The summed E-state index contributed by atoms with van der Waals surface area (Å²) in [6.45, 7) is 5.78. The molecule has 2 amide bonds. The second-order valence-electron chi connectivity index (χ2n) is 7.29. The van der Waals surface area contributed by atoms with E-state index in [4.69, 9.17) is 21.7 Å². The van der Waals surface area contributed by atoms with Crippen LogP contribution < -0.4 is 20.7 Å². The molecule has 0 fully saturated rings. The fraction of sp³-hybridized carbons (Fsp3) is 0.348. The van der Waals surface area contributed by atoms with Gasteiger partial charge in [-0.05, 0) is 67.0 Å². The zero-order valence-corrected chi connectivity index (χ0v) is 18.9. The third kappa shape index (κ3) is 8.74. The fourth-order valence-electron chi connectivity index (χ4n) is 2.56. The molecular weight excluding hydrogens is 414 g/mol. The highest BCUT2D eigenvalue weighted by Gasteiger charge is 2.10. The minimum Gasteiger partial charge on any atom is -0.494 e.